The smallest absolute Gasteiger partial charge is 0.269 e. The Kier molecular flexibility index (Phi) is 4.17. The lowest BCUT2D eigenvalue weighted by Crippen LogP contribution is -2.22. The molecule has 0 bridgehead atoms. The van der Waals surface area contributed by atoms with Crippen LogP contribution in [0.25, 0.3) is 22.2 Å². The number of rotatable bonds is 3. The van der Waals surface area contributed by atoms with Crippen LogP contribution in [0, 0.1) is 11.6 Å². The van der Waals surface area contributed by atoms with Crippen LogP contribution in [0.5, 0.6) is 0 Å². The van der Waals surface area contributed by atoms with Crippen molar-refractivity contribution in [2.24, 2.45) is 0 Å². The van der Waals surface area contributed by atoms with E-state index in [2.05, 4.69) is 21.9 Å². The third kappa shape index (κ3) is 3.04. The molecule has 1 N–H and O–H groups in total. The molecule has 5 rings (SSSR count). The summed E-state index contributed by atoms with van der Waals surface area (Å²) in [5.74, 6) is -1.43. The monoisotopic (exact) mass is 402 g/mol. The number of aromatic nitrogens is 3. The lowest BCUT2D eigenvalue weighted by molar-refractivity contribution is 0.545. The van der Waals surface area contributed by atoms with E-state index in [4.69, 9.17) is 0 Å². The van der Waals surface area contributed by atoms with E-state index in [1.165, 1.54) is 22.9 Å². The van der Waals surface area contributed by atoms with Gasteiger partial charge in [0.15, 0.2) is 0 Å². The van der Waals surface area contributed by atoms with Crippen molar-refractivity contribution >= 4 is 16.7 Å². The fourth-order valence-electron chi connectivity index (χ4n) is 3.76. The van der Waals surface area contributed by atoms with Gasteiger partial charge in [-0.1, -0.05) is 12.6 Å². The van der Waals surface area contributed by atoms with Crippen molar-refractivity contribution in [1.82, 2.24) is 14.5 Å². The summed E-state index contributed by atoms with van der Waals surface area (Å²) in [6.45, 7) is 3.66. The molecule has 0 fully saturated rings. The highest BCUT2D eigenvalue weighted by atomic mass is 19.1. The minimum absolute atomic E-state index is 0.187. The van der Waals surface area contributed by atoms with Gasteiger partial charge in [0.2, 0.25) is 0 Å². The maximum atomic E-state index is 14.9. The van der Waals surface area contributed by atoms with Crippen LogP contribution in [0.15, 0.2) is 72.1 Å². The number of hydrogen-bond acceptors (Lipinski definition) is 4. The van der Waals surface area contributed by atoms with Gasteiger partial charge in [0, 0.05) is 29.6 Å². The van der Waals surface area contributed by atoms with Crippen molar-refractivity contribution in [2.75, 3.05) is 5.32 Å². The van der Waals surface area contributed by atoms with Crippen LogP contribution in [-0.2, 0) is 13.0 Å². The summed E-state index contributed by atoms with van der Waals surface area (Å²) in [6.07, 6.45) is 4.82. The van der Waals surface area contributed by atoms with Crippen LogP contribution in [0.3, 0.4) is 0 Å². The lowest BCUT2D eigenvalue weighted by Gasteiger charge is -2.12. The van der Waals surface area contributed by atoms with Gasteiger partial charge < -0.3 is 5.32 Å². The van der Waals surface area contributed by atoms with Crippen LogP contribution >= 0.6 is 0 Å². The molecule has 0 saturated heterocycles. The Balaban J connectivity index is 1.55. The van der Waals surface area contributed by atoms with Crippen molar-refractivity contribution in [3.63, 3.8) is 0 Å². The Bertz CT molecular complexity index is 1370. The molecule has 148 valence electrons. The van der Waals surface area contributed by atoms with Crippen LogP contribution in [-0.4, -0.2) is 14.5 Å². The van der Waals surface area contributed by atoms with Gasteiger partial charge in [-0.2, -0.15) is 0 Å². The Hall–Kier alpha value is -3.87. The molecule has 2 aromatic carbocycles. The molecule has 1 aliphatic heterocycles. The lowest BCUT2D eigenvalue weighted by atomic mass is 9.99. The van der Waals surface area contributed by atoms with Gasteiger partial charge in [-0.25, -0.2) is 13.8 Å². The zero-order valence-corrected chi connectivity index (χ0v) is 15.8. The average Bonchev–Trinajstić information content (AvgIpc) is 3.11. The van der Waals surface area contributed by atoms with Crippen molar-refractivity contribution in [1.29, 1.82) is 0 Å². The second kappa shape index (κ2) is 6.88. The van der Waals surface area contributed by atoms with E-state index in [1.54, 1.807) is 12.3 Å². The molecular formula is C23H16F2N4O. The number of pyridine rings is 1. The summed E-state index contributed by atoms with van der Waals surface area (Å²) in [5, 5.41) is 3.17. The largest absolute Gasteiger partial charge is 0.359 e. The average molecular weight is 402 g/mol. The molecule has 0 radical (unpaired) electrons. The first kappa shape index (κ1) is 18.2. The van der Waals surface area contributed by atoms with Gasteiger partial charge in [-0.05, 0) is 47.0 Å². The first-order chi connectivity index (χ1) is 14.5. The quantitative estimate of drug-likeness (QED) is 0.556. The maximum Gasteiger partial charge on any atom is 0.269 e. The van der Waals surface area contributed by atoms with E-state index >= 15 is 0 Å². The van der Waals surface area contributed by atoms with Crippen molar-refractivity contribution in [2.45, 2.75) is 13.0 Å². The molecule has 3 heterocycles. The molecule has 2 aromatic heterocycles. The van der Waals surface area contributed by atoms with E-state index in [9.17, 15) is 13.6 Å². The number of allylic oxidation sites excluding steroid dienone is 1. The van der Waals surface area contributed by atoms with Gasteiger partial charge >= 0.3 is 0 Å². The van der Waals surface area contributed by atoms with E-state index < -0.39 is 17.2 Å². The molecule has 0 unspecified atom stereocenters. The van der Waals surface area contributed by atoms with E-state index in [0.29, 0.717) is 28.6 Å². The number of anilines is 1. The number of benzene rings is 2. The third-order valence-corrected chi connectivity index (χ3v) is 5.26. The van der Waals surface area contributed by atoms with Crippen LogP contribution in [0.4, 0.5) is 14.5 Å². The standard InChI is InChI=1S/C23H16F2N4O/c1-13-6-16-7-14(2-3-20(16)28-13)15-8-18(24)17(19(25)9-15)12-29-22-10-26-5-4-21(22)27-11-23(29)30/h2-5,7-11,28H,1,6,12H2. The fraction of sp³-hybridized carbons (Fsp3) is 0.0870. The first-order valence-corrected chi connectivity index (χ1v) is 9.35. The highest BCUT2D eigenvalue weighted by Gasteiger charge is 2.17. The third-order valence-electron chi connectivity index (χ3n) is 5.26. The Morgan fingerprint density at radius 2 is 1.87 bits per heavy atom. The van der Waals surface area contributed by atoms with Gasteiger partial charge in [-0.15, -0.1) is 0 Å². The Labute approximate surface area is 170 Å². The topological polar surface area (TPSA) is 59.8 Å². The van der Waals surface area contributed by atoms with Crippen LogP contribution < -0.4 is 10.9 Å². The molecule has 5 nitrogen and oxygen atoms in total. The molecular weight excluding hydrogens is 386 g/mol. The summed E-state index contributed by atoms with van der Waals surface area (Å²) in [5.41, 5.74) is 4.32. The molecule has 4 aromatic rings. The summed E-state index contributed by atoms with van der Waals surface area (Å²) in [4.78, 5) is 20.3. The second-order valence-electron chi connectivity index (χ2n) is 7.24. The van der Waals surface area contributed by atoms with Crippen molar-refractivity contribution in [3.05, 3.63) is 100 Å². The molecule has 7 heteroatoms. The van der Waals surface area contributed by atoms with Gasteiger partial charge in [0.05, 0.1) is 30.0 Å². The summed E-state index contributed by atoms with van der Waals surface area (Å²) in [7, 11) is 0. The predicted octanol–water partition coefficient (Wildman–Crippen LogP) is 4.27. The van der Waals surface area contributed by atoms with Gasteiger partial charge in [0.1, 0.15) is 11.6 Å². The number of halogens is 2. The molecule has 1 aliphatic rings. The Morgan fingerprint density at radius 3 is 2.67 bits per heavy atom. The maximum absolute atomic E-state index is 14.9. The SMILES string of the molecule is C=C1Cc2cc(-c3cc(F)c(Cn4c(=O)cnc5ccncc54)c(F)c3)ccc2N1. The van der Waals surface area contributed by atoms with Crippen LogP contribution in [0.2, 0.25) is 0 Å². The minimum atomic E-state index is -0.714. The minimum Gasteiger partial charge on any atom is -0.359 e. The summed E-state index contributed by atoms with van der Waals surface area (Å²) in [6, 6.07) is 9.82. The molecule has 0 atom stereocenters. The predicted molar refractivity (Wildman–Crippen MR) is 111 cm³/mol. The number of nitrogens with zero attached hydrogens (tertiary/aromatic N) is 3. The zero-order valence-electron chi connectivity index (χ0n) is 15.8. The van der Waals surface area contributed by atoms with Crippen molar-refractivity contribution < 1.29 is 8.78 Å². The van der Waals surface area contributed by atoms with E-state index in [-0.39, 0.29) is 12.1 Å². The normalized spacial score (nSPS) is 12.8. The molecule has 30 heavy (non-hydrogen) atoms. The first-order valence-electron chi connectivity index (χ1n) is 9.35. The van der Waals surface area contributed by atoms with Gasteiger partial charge in [-0.3, -0.25) is 14.3 Å². The molecule has 0 saturated carbocycles. The Morgan fingerprint density at radius 1 is 1.07 bits per heavy atom. The zero-order chi connectivity index (χ0) is 20.8. The molecule has 0 spiro atoms. The fourth-order valence-corrected chi connectivity index (χ4v) is 3.76. The van der Waals surface area contributed by atoms with Crippen molar-refractivity contribution in [3.8, 4) is 11.1 Å². The number of hydrogen-bond donors (Lipinski definition) is 1. The molecule has 0 amide bonds. The highest BCUT2D eigenvalue weighted by Crippen LogP contribution is 2.33. The summed E-state index contributed by atoms with van der Waals surface area (Å²) < 4.78 is 31.1. The van der Waals surface area contributed by atoms with E-state index in [0.717, 1.165) is 23.1 Å². The highest BCUT2D eigenvalue weighted by molar-refractivity contribution is 5.74. The number of nitrogens with one attached hydrogen (secondary N) is 1. The second-order valence-corrected chi connectivity index (χ2v) is 7.24. The van der Waals surface area contributed by atoms with Crippen LogP contribution in [0.1, 0.15) is 11.1 Å². The summed E-state index contributed by atoms with van der Waals surface area (Å²) >= 11 is 0. The van der Waals surface area contributed by atoms with Gasteiger partial charge in [0.25, 0.3) is 5.56 Å². The van der Waals surface area contributed by atoms with E-state index in [1.807, 2.05) is 18.2 Å². The molecule has 0 aliphatic carbocycles. The number of fused-ring (bicyclic) bond motifs is 2.